The molecule has 1 aliphatic heterocycles. The molecule has 1 rings (SSSR count). The Bertz CT molecular complexity index is 91.0. The standard InChI is InChI=1S/C6H11ClO3/c7-1-5(2-8)9-3-6-4-10-6/h5-6,8H,1-4H2. The van der Waals surface area contributed by atoms with Crippen molar-refractivity contribution in [3.05, 3.63) is 0 Å². The van der Waals surface area contributed by atoms with Crippen LogP contribution >= 0.6 is 11.6 Å². The van der Waals surface area contributed by atoms with Gasteiger partial charge < -0.3 is 14.6 Å². The topological polar surface area (TPSA) is 42.0 Å². The number of ether oxygens (including phenoxy) is 2. The van der Waals surface area contributed by atoms with E-state index in [9.17, 15) is 0 Å². The molecule has 0 amide bonds. The van der Waals surface area contributed by atoms with Gasteiger partial charge in [-0.25, -0.2) is 0 Å². The summed E-state index contributed by atoms with van der Waals surface area (Å²) in [5, 5.41) is 8.61. The molecule has 2 unspecified atom stereocenters. The highest BCUT2D eigenvalue weighted by Crippen LogP contribution is 2.09. The second-order valence-electron chi connectivity index (χ2n) is 2.25. The zero-order valence-corrected chi connectivity index (χ0v) is 6.38. The summed E-state index contributed by atoms with van der Waals surface area (Å²) in [6, 6.07) is 0. The molecule has 0 radical (unpaired) electrons. The van der Waals surface area contributed by atoms with Crippen LogP contribution in [0.5, 0.6) is 0 Å². The van der Waals surface area contributed by atoms with Gasteiger partial charge in [-0.05, 0) is 0 Å². The number of alkyl halides is 1. The molecule has 0 spiro atoms. The van der Waals surface area contributed by atoms with Gasteiger partial charge in [0, 0.05) is 0 Å². The van der Waals surface area contributed by atoms with Crippen molar-refractivity contribution in [2.45, 2.75) is 12.2 Å². The minimum absolute atomic E-state index is 0.0176. The van der Waals surface area contributed by atoms with Crippen LogP contribution in [0.2, 0.25) is 0 Å². The van der Waals surface area contributed by atoms with Gasteiger partial charge in [0.15, 0.2) is 0 Å². The molecule has 1 fully saturated rings. The van der Waals surface area contributed by atoms with Crippen LogP contribution < -0.4 is 0 Å². The molecule has 4 heteroatoms. The molecule has 0 saturated carbocycles. The number of hydrogen-bond donors (Lipinski definition) is 1. The van der Waals surface area contributed by atoms with E-state index in [1.807, 2.05) is 0 Å². The van der Waals surface area contributed by atoms with Crippen LogP contribution in [0.25, 0.3) is 0 Å². The maximum Gasteiger partial charge on any atom is 0.104 e. The molecule has 1 saturated heterocycles. The quantitative estimate of drug-likeness (QED) is 0.462. The minimum atomic E-state index is -0.231. The fourth-order valence-corrected chi connectivity index (χ4v) is 0.740. The summed E-state index contributed by atoms with van der Waals surface area (Å²) >= 11 is 5.45. The summed E-state index contributed by atoms with van der Waals surface area (Å²) < 4.78 is 10.1. The average Bonchev–Trinajstić information content (AvgIpc) is 2.74. The van der Waals surface area contributed by atoms with Crippen molar-refractivity contribution in [3.8, 4) is 0 Å². The number of aliphatic hydroxyl groups excluding tert-OH is 1. The molecule has 2 atom stereocenters. The van der Waals surface area contributed by atoms with Gasteiger partial charge in [0.05, 0.1) is 31.8 Å². The molecule has 1 aliphatic rings. The van der Waals surface area contributed by atoms with Crippen LogP contribution in [0.4, 0.5) is 0 Å². The third-order valence-electron chi connectivity index (χ3n) is 1.30. The van der Waals surface area contributed by atoms with Crippen molar-refractivity contribution in [2.24, 2.45) is 0 Å². The highest BCUT2D eigenvalue weighted by molar-refractivity contribution is 6.18. The van der Waals surface area contributed by atoms with Crippen molar-refractivity contribution < 1.29 is 14.6 Å². The molecule has 0 aromatic heterocycles. The normalized spacial score (nSPS) is 26.4. The predicted molar refractivity (Wildman–Crippen MR) is 37.3 cm³/mol. The summed E-state index contributed by atoms with van der Waals surface area (Å²) in [6.45, 7) is 1.31. The zero-order valence-electron chi connectivity index (χ0n) is 5.62. The maximum atomic E-state index is 8.61. The van der Waals surface area contributed by atoms with Crippen LogP contribution in [0.1, 0.15) is 0 Å². The van der Waals surface area contributed by atoms with E-state index in [4.69, 9.17) is 26.2 Å². The maximum absolute atomic E-state index is 8.61. The third kappa shape index (κ3) is 2.84. The molecule has 3 nitrogen and oxygen atoms in total. The van der Waals surface area contributed by atoms with E-state index in [0.717, 1.165) is 6.61 Å². The van der Waals surface area contributed by atoms with Gasteiger partial charge in [-0.2, -0.15) is 0 Å². The van der Waals surface area contributed by atoms with Gasteiger partial charge in [0.25, 0.3) is 0 Å². The van der Waals surface area contributed by atoms with Crippen molar-refractivity contribution in [2.75, 3.05) is 25.7 Å². The Balaban J connectivity index is 1.97. The number of hydrogen-bond acceptors (Lipinski definition) is 3. The van der Waals surface area contributed by atoms with Crippen LogP contribution in [0, 0.1) is 0 Å². The van der Waals surface area contributed by atoms with Gasteiger partial charge in [0.1, 0.15) is 6.10 Å². The molecule has 0 aromatic carbocycles. The first-order valence-electron chi connectivity index (χ1n) is 3.27. The molecule has 60 valence electrons. The van der Waals surface area contributed by atoms with Gasteiger partial charge in [0.2, 0.25) is 0 Å². The Kier molecular flexibility index (Phi) is 3.42. The lowest BCUT2D eigenvalue weighted by Gasteiger charge is -2.09. The van der Waals surface area contributed by atoms with E-state index >= 15 is 0 Å². The van der Waals surface area contributed by atoms with E-state index in [0.29, 0.717) is 12.5 Å². The smallest absolute Gasteiger partial charge is 0.104 e. The van der Waals surface area contributed by atoms with Gasteiger partial charge in [-0.15, -0.1) is 11.6 Å². The number of aliphatic hydroxyl groups is 1. The summed E-state index contributed by atoms with van der Waals surface area (Å²) in [6.07, 6.45) is 0.0168. The summed E-state index contributed by atoms with van der Waals surface area (Å²) in [7, 11) is 0. The fraction of sp³-hybridized carbons (Fsp3) is 1.00. The monoisotopic (exact) mass is 166 g/mol. The van der Waals surface area contributed by atoms with Gasteiger partial charge >= 0.3 is 0 Å². The largest absolute Gasteiger partial charge is 0.394 e. The minimum Gasteiger partial charge on any atom is -0.394 e. The molecule has 0 aliphatic carbocycles. The second-order valence-corrected chi connectivity index (χ2v) is 2.56. The summed E-state index contributed by atoms with van der Waals surface area (Å²) in [5.74, 6) is 0.337. The highest BCUT2D eigenvalue weighted by Gasteiger charge is 2.23. The first-order chi connectivity index (χ1) is 4.86. The lowest BCUT2D eigenvalue weighted by molar-refractivity contribution is 0.0195. The first kappa shape index (κ1) is 8.27. The predicted octanol–water partition coefficient (Wildman–Crippen LogP) is 0.00150. The molecule has 1 heterocycles. The van der Waals surface area contributed by atoms with Crippen LogP contribution in [-0.4, -0.2) is 43.0 Å². The Labute approximate surface area is 64.9 Å². The Morgan fingerprint density at radius 1 is 1.80 bits per heavy atom. The van der Waals surface area contributed by atoms with Crippen molar-refractivity contribution in [1.82, 2.24) is 0 Å². The van der Waals surface area contributed by atoms with Gasteiger partial charge in [-0.1, -0.05) is 0 Å². The number of halogens is 1. The van der Waals surface area contributed by atoms with E-state index in [2.05, 4.69) is 0 Å². The lowest BCUT2D eigenvalue weighted by atomic mass is 10.4. The number of epoxide rings is 1. The average molecular weight is 167 g/mol. The SMILES string of the molecule is OCC(CCl)OCC1CO1. The van der Waals surface area contributed by atoms with E-state index in [1.165, 1.54) is 0 Å². The van der Waals surface area contributed by atoms with Crippen molar-refractivity contribution in [3.63, 3.8) is 0 Å². The third-order valence-corrected chi connectivity index (χ3v) is 1.64. The lowest BCUT2D eigenvalue weighted by Crippen LogP contribution is -2.21. The van der Waals surface area contributed by atoms with E-state index < -0.39 is 0 Å². The number of rotatable bonds is 5. The van der Waals surface area contributed by atoms with Crippen molar-refractivity contribution in [1.29, 1.82) is 0 Å². The molecule has 0 bridgehead atoms. The Morgan fingerprint density at radius 3 is 2.90 bits per heavy atom. The Morgan fingerprint density at radius 2 is 2.50 bits per heavy atom. The summed E-state index contributed by atoms with van der Waals surface area (Å²) in [4.78, 5) is 0. The molecule has 0 aromatic rings. The molecular weight excluding hydrogens is 156 g/mol. The van der Waals surface area contributed by atoms with Crippen LogP contribution in [-0.2, 0) is 9.47 Å². The van der Waals surface area contributed by atoms with E-state index in [1.54, 1.807) is 0 Å². The highest BCUT2D eigenvalue weighted by atomic mass is 35.5. The van der Waals surface area contributed by atoms with Gasteiger partial charge in [-0.3, -0.25) is 0 Å². The summed E-state index contributed by atoms with van der Waals surface area (Å²) in [5.41, 5.74) is 0. The molecule has 1 N–H and O–H groups in total. The fourth-order valence-electron chi connectivity index (χ4n) is 0.554. The first-order valence-corrected chi connectivity index (χ1v) is 3.80. The molecule has 10 heavy (non-hydrogen) atoms. The van der Waals surface area contributed by atoms with Crippen LogP contribution in [0.15, 0.2) is 0 Å². The van der Waals surface area contributed by atoms with Crippen LogP contribution in [0.3, 0.4) is 0 Å². The van der Waals surface area contributed by atoms with Crippen molar-refractivity contribution >= 4 is 11.6 Å². The molecular formula is C6H11ClO3. The Hall–Kier alpha value is 0.170. The second kappa shape index (κ2) is 4.13. The zero-order chi connectivity index (χ0) is 7.40. The van der Waals surface area contributed by atoms with E-state index in [-0.39, 0.29) is 18.8 Å².